The number of nitrogens with one attached hydrogen (secondary N) is 3. The van der Waals surface area contributed by atoms with Crippen molar-refractivity contribution in [2.75, 3.05) is 5.32 Å². The number of H-pyrrole nitrogens is 1. The lowest BCUT2D eigenvalue weighted by atomic mass is 9.97. The molecule has 3 N–H and O–H groups in total. The summed E-state index contributed by atoms with van der Waals surface area (Å²) in [5, 5.41) is 24.5. The molecule has 2 amide bonds. The summed E-state index contributed by atoms with van der Waals surface area (Å²) < 4.78 is 16.0. The Labute approximate surface area is 244 Å². The summed E-state index contributed by atoms with van der Waals surface area (Å²) in [5.41, 5.74) is 4.47. The Hall–Kier alpha value is -4.97. The molecule has 1 aliphatic rings. The third-order valence-electron chi connectivity index (χ3n) is 7.21. The minimum Gasteiger partial charge on any atom is -0.344 e. The summed E-state index contributed by atoms with van der Waals surface area (Å²) >= 11 is 5.96. The van der Waals surface area contributed by atoms with Crippen LogP contribution >= 0.6 is 11.6 Å². The van der Waals surface area contributed by atoms with E-state index in [1.807, 2.05) is 30.3 Å². The Kier molecular flexibility index (Phi) is 7.44. The monoisotopic (exact) mass is 585 g/mol. The smallest absolute Gasteiger partial charge is 0.255 e. The minimum absolute atomic E-state index is 0.0350. The first kappa shape index (κ1) is 27.2. The van der Waals surface area contributed by atoms with Crippen molar-refractivity contribution in [2.45, 2.75) is 38.6 Å². The molecular weight excluding hydrogens is 561 g/mol. The zero-order chi connectivity index (χ0) is 29.2. The first-order valence-corrected chi connectivity index (χ1v) is 13.7. The van der Waals surface area contributed by atoms with Crippen LogP contribution in [0.2, 0.25) is 5.02 Å². The lowest BCUT2D eigenvalue weighted by Crippen LogP contribution is -2.29. The number of anilines is 1. The molecule has 42 heavy (non-hydrogen) atoms. The molecule has 3 aromatic heterocycles. The fourth-order valence-electron chi connectivity index (χ4n) is 5.03. The SMILES string of the molecule is Cc1c(C(=O)NC2CCCCC(=O)Nc3ccc(-c4nn[nH]n4)cc3-c3ccnc2c3)cnn1-c1cccc(Cl)c1F. The first-order valence-electron chi connectivity index (χ1n) is 13.3. The fraction of sp³-hybridized carbons (Fsp3) is 0.207. The Morgan fingerprint density at radius 3 is 2.86 bits per heavy atom. The van der Waals surface area contributed by atoms with Gasteiger partial charge in [-0.1, -0.05) is 24.1 Å². The van der Waals surface area contributed by atoms with Crippen LogP contribution < -0.4 is 10.6 Å². The van der Waals surface area contributed by atoms with E-state index in [-0.39, 0.29) is 22.5 Å². The molecule has 0 aliphatic carbocycles. The first-order chi connectivity index (χ1) is 20.4. The van der Waals surface area contributed by atoms with Gasteiger partial charge in [0, 0.05) is 29.4 Å². The molecule has 1 aliphatic heterocycles. The van der Waals surface area contributed by atoms with Gasteiger partial charge in [-0.15, -0.1) is 10.2 Å². The minimum atomic E-state index is -0.621. The Bertz CT molecular complexity index is 1790. The third kappa shape index (κ3) is 5.36. The van der Waals surface area contributed by atoms with Crippen LogP contribution in [0.4, 0.5) is 10.1 Å². The molecule has 11 nitrogen and oxygen atoms in total. The molecule has 2 aromatic carbocycles. The molecule has 1 unspecified atom stereocenters. The Morgan fingerprint density at radius 2 is 2.02 bits per heavy atom. The number of pyridine rings is 1. The second kappa shape index (κ2) is 11.5. The van der Waals surface area contributed by atoms with Gasteiger partial charge in [0.25, 0.3) is 5.91 Å². The standard InChI is InChI=1S/C29H25ClFN9O2/c1-16-20(15-33-40(16)25-7-4-5-21(30)27(25)31)29(42)35-23-6-2-3-8-26(41)34-22-10-9-18(28-36-38-39-37-28)13-19(22)17-11-12-32-24(23)14-17/h4-5,7,9-15,23H,2-3,6,8H2,1H3,(H,34,41)(H,35,42)(H,36,37,38,39). The molecule has 0 saturated heterocycles. The summed E-state index contributed by atoms with van der Waals surface area (Å²) in [6.07, 6.45) is 5.27. The second-order valence-corrected chi connectivity index (χ2v) is 10.3. The zero-order valence-corrected chi connectivity index (χ0v) is 23.2. The number of amides is 2. The van der Waals surface area contributed by atoms with Crippen LogP contribution in [0.25, 0.3) is 28.2 Å². The van der Waals surface area contributed by atoms with Crippen LogP contribution in [-0.4, -0.2) is 47.2 Å². The normalized spacial score (nSPS) is 15.2. The van der Waals surface area contributed by atoms with E-state index < -0.39 is 11.9 Å². The molecule has 0 radical (unpaired) electrons. The number of halogens is 2. The summed E-state index contributed by atoms with van der Waals surface area (Å²) in [4.78, 5) is 30.9. The van der Waals surface area contributed by atoms with Crippen LogP contribution in [0.15, 0.2) is 60.9 Å². The highest BCUT2D eigenvalue weighted by atomic mass is 35.5. The number of rotatable bonds is 4. The van der Waals surface area contributed by atoms with Gasteiger partial charge in [-0.3, -0.25) is 14.6 Å². The number of carbonyl (C=O) groups is 2. The van der Waals surface area contributed by atoms with Crippen molar-refractivity contribution < 1.29 is 14.0 Å². The predicted molar refractivity (Wildman–Crippen MR) is 153 cm³/mol. The van der Waals surface area contributed by atoms with E-state index in [1.54, 1.807) is 25.3 Å². The van der Waals surface area contributed by atoms with Crippen molar-refractivity contribution in [1.82, 2.24) is 40.7 Å². The van der Waals surface area contributed by atoms with Gasteiger partial charge < -0.3 is 10.6 Å². The second-order valence-electron chi connectivity index (χ2n) is 9.91. The molecule has 5 aromatic rings. The van der Waals surface area contributed by atoms with Crippen LogP contribution in [-0.2, 0) is 4.79 Å². The van der Waals surface area contributed by atoms with Crippen molar-refractivity contribution in [2.24, 2.45) is 0 Å². The maximum atomic E-state index is 14.7. The van der Waals surface area contributed by atoms with Gasteiger partial charge in [-0.05, 0) is 73.0 Å². The molecule has 0 spiro atoms. The number of aromatic nitrogens is 7. The molecule has 13 heteroatoms. The molecule has 212 valence electrons. The predicted octanol–water partition coefficient (Wildman–Crippen LogP) is 5.20. The van der Waals surface area contributed by atoms with Crippen LogP contribution in [0, 0.1) is 12.7 Å². The van der Waals surface area contributed by atoms with Gasteiger partial charge in [0.15, 0.2) is 5.82 Å². The maximum absolute atomic E-state index is 14.7. The van der Waals surface area contributed by atoms with Gasteiger partial charge in [0.2, 0.25) is 11.7 Å². The number of aromatic amines is 1. The van der Waals surface area contributed by atoms with Crippen LogP contribution in [0.3, 0.4) is 0 Å². The number of hydrogen-bond donors (Lipinski definition) is 3. The van der Waals surface area contributed by atoms with E-state index in [0.29, 0.717) is 54.1 Å². The quantitative estimate of drug-likeness (QED) is 0.263. The molecule has 1 atom stereocenters. The van der Waals surface area contributed by atoms with Gasteiger partial charge in [0.05, 0.1) is 34.2 Å². The molecule has 0 fully saturated rings. The van der Waals surface area contributed by atoms with E-state index >= 15 is 0 Å². The Morgan fingerprint density at radius 1 is 1.14 bits per heavy atom. The zero-order valence-electron chi connectivity index (χ0n) is 22.4. The topological polar surface area (TPSA) is 143 Å². The van der Waals surface area contributed by atoms with E-state index in [1.165, 1.54) is 16.9 Å². The fourth-order valence-corrected chi connectivity index (χ4v) is 5.20. The number of nitrogens with zero attached hydrogens (tertiary/aromatic N) is 6. The van der Waals surface area contributed by atoms with Gasteiger partial charge in [-0.25, -0.2) is 9.07 Å². The largest absolute Gasteiger partial charge is 0.344 e. The highest BCUT2D eigenvalue weighted by Crippen LogP contribution is 2.34. The van der Waals surface area contributed by atoms with Crippen molar-refractivity contribution in [3.63, 3.8) is 0 Å². The highest BCUT2D eigenvalue weighted by molar-refractivity contribution is 6.30. The average Bonchev–Trinajstić information content (AvgIpc) is 3.66. The van der Waals surface area contributed by atoms with Crippen molar-refractivity contribution in [3.05, 3.63) is 88.7 Å². The number of hydrogen-bond acceptors (Lipinski definition) is 7. The van der Waals surface area contributed by atoms with Gasteiger partial charge in [-0.2, -0.15) is 10.3 Å². The molecule has 2 bridgehead atoms. The van der Waals surface area contributed by atoms with E-state index in [0.717, 1.165) is 16.7 Å². The molecule has 4 heterocycles. The van der Waals surface area contributed by atoms with Crippen molar-refractivity contribution >= 4 is 29.1 Å². The average molecular weight is 586 g/mol. The summed E-state index contributed by atoms with van der Waals surface area (Å²) in [6.45, 7) is 1.69. The number of fused-ring (bicyclic) bond motifs is 4. The van der Waals surface area contributed by atoms with E-state index in [2.05, 4.69) is 41.3 Å². The van der Waals surface area contributed by atoms with Gasteiger partial charge >= 0.3 is 0 Å². The highest BCUT2D eigenvalue weighted by Gasteiger charge is 2.23. The number of tetrazole rings is 1. The summed E-state index contributed by atoms with van der Waals surface area (Å²) in [6, 6.07) is 13.4. The van der Waals surface area contributed by atoms with Crippen LogP contribution in [0.1, 0.15) is 53.5 Å². The maximum Gasteiger partial charge on any atom is 0.255 e. The van der Waals surface area contributed by atoms with E-state index in [9.17, 15) is 14.0 Å². The van der Waals surface area contributed by atoms with Crippen molar-refractivity contribution in [1.29, 1.82) is 0 Å². The van der Waals surface area contributed by atoms with E-state index in [4.69, 9.17) is 11.6 Å². The Balaban J connectivity index is 1.34. The van der Waals surface area contributed by atoms with Crippen molar-refractivity contribution in [3.8, 4) is 28.2 Å². The lowest BCUT2D eigenvalue weighted by molar-refractivity contribution is -0.116. The van der Waals surface area contributed by atoms with Gasteiger partial charge in [0.1, 0.15) is 5.69 Å². The number of carbonyl (C=O) groups excluding carboxylic acids is 2. The molecule has 0 saturated carbocycles. The van der Waals surface area contributed by atoms with Crippen LogP contribution in [0.5, 0.6) is 0 Å². The number of benzene rings is 2. The molecule has 6 rings (SSSR count). The molecular formula is C29H25ClFN9O2. The lowest BCUT2D eigenvalue weighted by Gasteiger charge is -2.21. The summed E-state index contributed by atoms with van der Waals surface area (Å²) in [7, 11) is 0. The third-order valence-corrected chi connectivity index (χ3v) is 7.50. The summed E-state index contributed by atoms with van der Waals surface area (Å²) in [5.74, 6) is -0.675.